The van der Waals surface area contributed by atoms with Gasteiger partial charge in [-0.3, -0.25) is 4.79 Å². The fraction of sp³-hybridized carbons (Fsp3) is 0.333. The molecule has 2 N–H and O–H groups in total. The van der Waals surface area contributed by atoms with Crippen LogP contribution in [0.2, 0.25) is 0 Å². The van der Waals surface area contributed by atoms with E-state index in [0.717, 1.165) is 16.0 Å². The van der Waals surface area contributed by atoms with Crippen molar-refractivity contribution in [1.29, 1.82) is 0 Å². The van der Waals surface area contributed by atoms with E-state index >= 15 is 0 Å². The van der Waals surface area contributed by atoms with Crippen LogP contribution in [0.15, 0.2) is 28.6 Å². The second-order valence-corrected chi connectivity index (χ2v) is 6.74. The highest BCUT2D eigenvalue weighted by Crippen LogP contribution is 2.25. The number of anilines is 2. The van der Waals surface area contributed by atoms with Crippen LogP contribution in [0.25, 0.3) is 0 Å². The molecule has 7 nitrogen and oxygen atoms in total. The summed E-state index contributed by atoms with van der Waals surface area (Å²) in [6.07, 6.45) is 0. The minimum Gasteiger partial charge on any atom is -0.462 e. The molecule has 9 heteroatoms. The number of ether oxygens (including phenoxy) is 1. The van der Waals surface area contributed by atoms with Gasteiger partial charge in [0.2, 0.25) is 11.0 Å². The molecule has 0 atom stereocenters. The predicted molar refractivity (Wildman–Crippen MR) is 95.8 cm³/mol. The van der Waals surface area contributed by atoms with Crippen molar-refractivity contribution < 1.29 is 14.3 Å². The fourth-order valence-corrected chi connectivity index (χ4v) is 3.34. The van der Waals surface area contributed by atoms with E-state index < -0.39 is 0 Å². The van der Waals surface area contributed by atoms with Gasteiger partial charge in [-0.1, -0.05) is 23.1 Å². The number of benzene rings is 1. The molecule has 0 unspecified atom stereocenters. The number of hydrogen-bond donors (Lipinski definition) is 2. The fourth-order valence-electron chi connectivity index (χ4n) is 1.72. The molecule has 1 amide bonds. The van der Waals surface area contributed by atoms with Gasteiger partial charge in [0.25, 0.3) is 0 Å². The predicted octanol–water partition coefficient (Wildman–Crippen LogP) is 2.88. The molecule has 1 aromatic heterocycles. The quantitative estimate of drug-likeness (QED) is 0.548. The molecule has 0 bridgehead atoms. The standard InChI is InChI=1S/C15H18N4O3S2/c1-3-16-14-18-19-15(24-14)23-9-12(20)17-11-7-5-10(6-8-11)13(21)22-4-2/h5-8H,3-4,9H2,1-2H3,(H,16,18)(H,17,20). The molecular weight excluding hydrogens is 348 g/mol. The number of nitrogens with zero attached hydrogens (tertiary/aromatic N) is 2. The Morgan fingerprint density at radius 1 is 1.21 bits per heavy atom. The minimum absolute atomic E-state index is 0.149. The maximum Gasteiger partial charge on any atom is 0.338 e. The lowest BCUT2D eigenvalue weighted by Gasteiger charge is -2.05. The van der Waals surface area contributed by atoms with Crippen molar-refractivity contribution in [3.05, 3.63) is 29.8 Å². The first-order chi connectivity index (χ1) is 11.6. The third-order valence-electron chi connectivity index (χ3n) is 2.74. The van der Waals surface area contributed by atoms with Crippen molar-refractivity contribution in [3.63, 3.8) is 0 Å². The maximum atomic E-state index is 12.0. The topological polar surface area (TPSA) is 93.2 Å². The van der Waals surface area contributed by atoms with Crippen molar-refractivity contribution in [3.8, 4) is 0 Å². The molecule has 1 heterocycles. The van der Waals surface area contributed by atoms with Crippen LogP contribution in [0.3, 0.4) is 0 Å². The summed E-state index contributed by atoms with van der Waals surface area (Å²) in [6.45, 7) is 4.84. The molecule has 0 aliphatic heterocycles. The molecule has 0 aliphatic rings. The van der Waals surface area contributed by atoms with E-state index in [1.807, 2.05) is 6.92 Å². The zero-order chi connectivity index (χ0) is 17.4. The van der Waals surface area contributed by atoms with Crippen LogP contribution in [0.5, 0.6) is 0 Å². The number of esters is 1. The third-order valence-corrected chi connectivity index (χ3v) is 4.76. The average Bonchev–Trinajstić information content (AvgIpc) is 3.02. The summed E-state index contributed by atoms with van der Waals surface area (Å²) in [6, 6.07) is 6.58. The normalized spacial score (nSPS) is 10.2. The Morgan fingerprint density at radius 2 is 1.96 bits per heavy atom. The number of nitrogens with one attached hydrogen (secondary N) is 2. The number of hydrogen-bond acceptors (Lipinski definition) is 8. The van der Waals surface area contributed by atoms with Gasteiger partial charge >= 0.3 is 5.97 Å². The Labute approximate surface area is 148 Å². The Morgan fingerprint density at radius 3 is 2.62 bits per heavy atom. The van der Waals surface area contributed by atoms with Crippen LogP contribution >= 0.6 is 23.1 Å². The highest BCUT2D eigenvalue weighted by molar-refractivity contribution is 8.01. The number of rotatable bonds is 8. The molecule has 0 spiro atoms. The van der Waals surface area contributed by atoms with Crippen LogP contribution in [0.1, 0.15) is 24.2 Å². The van der Waals surface area contributed by atoms with Gasteiger partial charge < -0.3 is 15.4 Å². The van der Waals surface area contributed by atoms with Crippen LogP contribution in [-0.2, 0) is 9.53 Å². The van der Waals surface area contributed by atoms with Crippen LogP contribution in [0, 0.1) is 0 Å². The smallest absolute Gasteiger partial charge is 0.338 e. The van der Waals surface area contributed by atoms with E-state index in [0.29, 0.717) is 17.9 Å². The molecule has 128 valence electrons. The number of aromatic nitrogens is 2. The lowest BCUT2D eigenvalue weighted by atomic mass is 10.2. The van der Waals surface area contributed by atoms with Crippen molar-refractivity contribution in [2.75, 3.05) is 29.5 Å². The summed E-state index contributed by atoms with van der Waals surface area (Å²) in [5.74, 6) is -0.289. The van der Waals surface area contributed by atoms with E-state index in [4.69, 9.17) is 4.74 Å². The molecular formula is C15H18N4O3S2. The SMILES string of the molecule is CCNc1nnc(SCC(=O)Nc2ccc(C(=O)OCC)cc2)s1. The first-order valence-electron chi connectivity index (χ1n) is 7.39. The van der Waals surface area contributed by atoms with E-state index in [-0.39, 0.29) is 17.6 Å². The largest absolute Gasteiger partial charge is 0.462 e. The van der Waals surface area contributed by atoms with E-state index in [2.05, 4.69) is 20.8 Å². The van der Waals surface area contributed by atoms with E-state index in [1.165, 1.54) is 23.1 Å². The molecule has 0 saturated carbocycles. The Balaban J connectivity index is 1.82. The highest BCUT2D eigenvalue weighted by atomic mass is 32.2. The summed E-state index contributed by atoms with van der Waals surface area (Å²) in [5.41, 5.74) is 1.08. The van der Waals surface area contributed by atoms with Crippen molar-refractivity contribution in [2.45, 2.75) is 18.2 Å². The Bertz CT molecular complexity index is 688. The van der Waals surface area contributed by atoms with Gasteiger partial charge in [-0.2, -0.15) is 0 Å². The Kier molecular flexibility index (Phi) is 7.01. The van der Waals surface area contributed by atoms with Gasteiger partial charge in [-0.15, -0.1) is 10.2 Å². The molecule has 24 heavy (non-hydrogen) atoms. The lowest BCUT2D eigenvalue weighted by molar-refractivity contribution is -0.113. The number of thioether (sulfide) groups is 1. The molecule has 2 rings (SSSR count). The van der Waals surface area contributed by atoms with Crippen LogP contribution in [-0.4, -0.2) is 41.0 Å². The molecule has 0 aliphatic carbocycles. The van der Waals surface area contributed by atoms with E-state index in [9.17, 15) is 9.59 Å². The first kappa shape index (κ1) is 18.2. The number of carbonyl (C=O) groups is 2. The van der Waals surface area contributed by atoms with Gasteiger partial charge in [-0.05, 0) is 38.1 Å². The third kappa shape index (κ3) is 5.50. The van der Waals surface area contributed by atoms with E-state index in [1.54, 1.807) is 31.2 Å². The zero-order valence-corrected chi connectivity index (χ0v) is 15.0. The summed E-state index contributed by atoms with van der Waals surface area (Å²) in [7, 11) is 0. The molecule has 0 saturated heterocycles. The van der Waals surface area contributed by atoms with Gasteiger partial charge in [0.05, 0.1) is 17.9 Å². The minimum atomic E-state index is -0.376. The van der Waals surface area contributed by atoms with Crippen molar-refractivity contribution in [1.82, 2.24) is 10.2 Å². The second-order valence-electron chi connectivity index (χ2n) is 4.54. The van der Waals surface area contributed by atoms with Crippen molar-refractivity contribution in [2.24, 2.45) is 0 Å². The van der Waals surface area contributed by atoms with Gasteiger partial charge in [0.15, 0.2) is 4.34 Å². The zero-order valence-electron chi connectivity index (χ0n) is 13.4. The molecule has 0 radical (unpaired) electrons. The van der Waals surface area contributed by atoms with Gasteiger partial charge in [0, 0.05) is 12.2 Å². The van der Waals surface area contributed by atoms with Crippen molar-refractivity contribution >= 4 is 45.8 Å². The maximum absolute atomic E-state index is 12.0. The second kappa shape index (κ2) is 9.24. The van der Waals surface area contributed by atoms with Gasteiger partial charge in [0.1, 0.15) is 0 Å². The molecule has 0 fully saturated rings. The summed E-state index contributed by atoms with van der Waals surface area (Å²) in [4.78, 5) is 23.5. The van der Waals surface area contributed by atoms with Crippen LogP contribution in [0.4, 0.5) is 10.8 Å². The molecule has 2 aromatic rings. The Hall–Kier alpha value is -2.13. The monoisotopic (exact) mass is 366 g/mol. The highest BCUT2D eigenvalue weighted by Gasteiger charge is 2.09. The molecule has 1 aromatic carbocycles. The summed E-state index contributed by atoms with van der Waals surface area (Å²) >= 11 is 2.74. The summed E-state index contributed by atoms with van der Waals surface area (Å²) < 4.78 is 5.64. The first-order valence-corrected chi connectivity index (χ1v) is 9.19. The van der Waals surface area contributed by atoms with Gasteiger partial charge in [-0.25, -0.2) is 4.79 Å². The van der Waals surface area contributed by atoms with Crippen LogP contribution < -0.4 is 10.6 Å². The average molecular weight is 366 g/mol. The summed E-state index contributed by atoms with van der Waals surface area (Å²) in [5, 5.41) is 14.6. The lowest BCUT2D eigenvalue weighted by Crippen LogP contribution is -2.14. The number of amides is 1. The number of carbonyl (C=O) groups excluding carboxylic acids is 2.